The highest BCUT2D eigenvalue weighted by molar-refractivity contribution is 9.11. The fourth-order valence-electron chi connectivity index (χ4n) is 1.93. The quantitative estimate of drug-likeness (QED) is 0.817. The molecule has 0 bridgehead atoms. The molecule has 2 aromatic rings. The van der Waals surface area contributed by atoms with Crippen LogP contribution in [0.25, 0.3) is 0 Å². The second kappa shape index (κ2) is 7.20. The zero-order valence-corrected chi connectivity index (χ0v) is 14.6. The Balaban J connectivity index is 2.00. The fraction of sp³-hybridized carbons (Fsp3) is 0.267. The van der Waals surface area contributed by atoms with Crippen LogP contribution >= 0.6 is 31.9 Å². The molecule has 3 nitrogen and oxygen atoms in total. The molecule has 1 aromatic heterocycles. The monoisotopic (exact) mass is 398 g/mol. The first-order valence-corrected chi connectivity index (χ1v) is 7.82. The summed E-state index contributed by atoms with van der Waals surface area (Å²) in [4.78, 5) is 4.15. The molecule has 2 rings (SSSR count). The molecule has 0 aliphatic rings. The van der Waals surface area contributed by atoms with Gasteiger partial charge in [-0.25, -0.2) is 0 Å². The van der Waals surface area contributed by atoms with Crippen LogP contribution in [-0.4, -0.2) is 12.1 Å². The van der Waals surface area contributed by atoms with Gasteiger partial charge in [-0.15, -0.1) is 0 Å². The number of halogens is 2. The lowest BCUT2D eigenvalue weighted by atomic mass is 10.1. The van der Waals surface area contributed by atoms with E-state index < -0.39 is 0 Å². The fourth-order valence-corrected chi connectivity index (χ4v) is 3.54. The van der Waals surface area contributed by atoms with E-state index in [-0.39, 0.29) is 0 Å². The van der Waals surface area contributed by atoms with Crippen molar-refractivity contribution < 1.29 is 4.74 Å². The van der Waals surface area contributed by atoms with E-state index in [9.17, 15) is 0 Å². The van der Waals surface area contributed by atoms with Crippen molar-refractivity contribution in [2.45, 2.75) is 20.0 Å². The van der Waals surface area contributed by atoms with E-state index in [1.54, 1.807) is 7.11 Å². The van der Waals surface area contributed by atoms with Gasteiger partial charge >= 0.3 is 0 Å². The molecule has 0 aliphatic carbocycles. The smallest absolute Gasteiger partial charge is 0.147 e. The number of hydrogen-bond donors (Lipinski definition) is 1. The predicted molar refractivity (Wildman–Crippen MR) is 87.9 cm³/mol. The summed E-state index contributed by atoms with van der Waals surface area (Å²) in [5.74, 6) is 0.817. The van der Waals surface area contributed by atoms with Crippen molar-refractivity contribution in [2.75, 3.05) is 7.11 Å². The highest BCUT2D eigenvalue weighted by Crippen LogP contribution is 2.34. The summed E-state index contributed by atoms with van der Waals surface area (Å²) in [6.07, 6.45) is 3.72. The van der Waals surface area contributed by atoms with Gasteiger partial charge in [0.2, 0.25) is 0 Å². The van der Waals surface area contributed by atoms with Crippen LogP contribution in [0.4, 0.5) is 0 Å². The lowest BCUT2D eigenvalue weighted by Crippen LogP contribution is -2.13. The Morgan fingerprint density at radius 2 is 1.90 bits per heavy atom. The van der Waals surface area contributed by atoms with Gasteiger partial charge < -0.3 is 10.1 Å². The highest BCUT2D eigenvalue weighted by atomic mass is 79.9. The maximum absolute atomic E-state index is 5.30. The Morgan fingerprint density at radius 1 is 1.20 bits per heavy atom. The molecule has 0 atom stereocenters. The molecule has 0 unspecified atom stereocenters. The average molecular weight is 400 g/mol. The van der Waals surface area contributed by atoms with Crippen LogP contribution in [0.2, 0.25) is 0 Å². The van der Waals surface area contributed by atoms with E-state index in [0.29, 0.717) is 0 Å². The van der Waals surface area contributed by atoms with Gasteiger partial charge in [0, 0.05) is 25.5 Å². The molecular formula is C15H16Br2N2O. The lowest BCUT2D eigenvalue weighted by Gasteiger charge is -2.11. The first-order chi connectivity index (χ1) is 9.61. The molecule has 5 heteroatoms. The number of aryl methyl sites for hydroxylation is 1. The average Bonchev–Trinajstić information content (AvgIpc) is 2.41. The van der Waals surface area contributed by atoms with Gasteiger partial charge in [-0.3, -0.25) is 4.98 Å². The van der Waals surface area contributed by atoms with Crippen LogP contribution in [0.15, 0.2) is 39.5 Å². The van der Waals surface area contributed by atoms with Crippen molar-refractivity contribution in [3.63, 3.8) is 0 Å². The van der Waals surface area contributed by atoms with Crippen LogP contribution in [0.5, 0.6) is 5.75 Å². The van der Waals surface area contributed by atoms with Crippen molar-refractivity contribution in [3.05, 3.63) is 56.2 Å². The van der Waals surface area contributed by atoms with Crippen LogP contribution < -0.4 is 10.1 Å². The molecule has 106 valence electrons. The summed E-state index contributed by atoms with van der Waals surface area (Å²) in [6.45, 7) is 3.69. The van der Waals surface area contributed by atoms with Crippen molar-refractivity contribution in [1.29, 1.82) is 0 Å². The third kappa shape index (κ3) is 3.81. The third-order valence-corrected chi connectivity index (χ3v) is 4.23. The second-order valence-electron chi connectivity index (χ2n) is 4.50. The number of hydrogen-bond acceptors (Lipinski definition) is 3. The number of pyridine rings is 1. The number of ether oxygens (including phenoxy) is 1. The van der Waals surface area contributed by atoms with Gasteiger partial charge in [0.1, 0.15) is 5.75 Å². The number of aromatic nitrogens is 1. The second-order valence-corrected chi connectivity index (χ2v) is 6.21. The van der Waals surface area contributed by atoms with Gasteiger partial charge in [-0.2, -0.15) is 0 Å². The van der Waals surface area contributed by atoms with E-state index in [4.69, 9.17) is 4.74 Å². The van der Waals surface area contributed by atoms with Crippen LogP contribution in [0.1, 0.15) is 16.7 Å². The first kappa shape index (κ1) is 15.5. The van der Waals surface area contributed by atoms with E-state index in [1.807, 2.05) is 18.5 Å². The largest absolute Gasteiger partial charge is 0.494 e. The minimum absolute atomic E-state index is 0.787. The summed E-state index contributed by atoms with van der Waals surface area (Å²) in [5.41, 5.74) is 3.66. The molecule has 1 N–H and O–H groups in total. The third-order valence-electron chi connectivity index (χ3n) is 3.05. The molecule has 1 heterocycles. The molecule has 0 saturated heterocycles. The Kier molecular flexibility index (Phi) is 5.57. The van der Waals surface area contributed by atoms with Crippen LogP contribution in [0, 0.1) is 6.92 Å². The SMILES string of the molecule is COc1c(Br)cc(CNCc2cnccc2C)cc1Br. The summed E-state index contributed by atoms with van der Waals surface area (Å²) in [7, 11) is 1.66. The maximum Gasteiger partial charge on any atom is 0.147 e. The molecule has 0 saturated carbocycles. The molecule has 0 fully saturated rings. The summed E-state index contributed by atoms with van der Waals surface area (Å²) >= 11 is 7.03. The number of benzene rings is 1. The van der Waals surface area contributed by atoms with Crippen LogP contribution in [0.3, 0.4) is 0 Å². The molecular weight excluding hydrogens is 384 g/mol. The van der Waals surface area contributed by atoms with Gasteiger partial charge in [-0.05, 0) is 73.7 Å². The van der Waals surface area contributed by atoms with Gasteiger partial charge in [-0.1, -0.05) is 0 Å². The topological polar surface area (TPSA) is 34.1 Å². The molecule has 20 heavy (non-hydrogen) atoms. The van der Waals surface area contributed by atoms with Crippen LogP contribution in [-0.2, 0) is 13.1 Å². The standard InChI is InChI=1S/C15H16Br2N2O/c1-10-3-4-18-8-12(10)9-19-7-11-5-13(16)15(20-2)14(17)6-11/h3-6,8,19H,7,9H2,1-2H3. The van der Waals surface area contributed by atoms with Crippen molar-refractivity contribution in [2.24, 2.45) is 0 Å². The van der Waals surface area contributed by atoms with E-state index in [2.05, 4.69) is 61.2 Å². The molecule has 1 aromatic carbocycles. The molecule has 0 radical (unpaired) electrons. The number of nitrogens with zero attached hydrogens (tertiary/aromatic N) is 1. The summed E-state index contributed by atoms with van der Waals surface area (Å²) in [5, 5.41) is 3.43. The number of nitrogens with one attached hydrogen (secondary N) is 1. The minimum atomic E-state index is 0.787. The number of rotatable bonds is 5. The minimum Gasteiger partial charge on any atom is -0.494 e. The zero-order valence-electron chi connectivity index (χ0n) is 11.4. The Morgan fingerprint density at radius 3 is 2.50 bits per heavy atom. The Bertz CT molecular complexity index is 579. The summed E-state index contributed by atoms with van der Waals surface area (Å²) < 4.78 is 7.19. The zero-order chi connectivity index (χ0) is 14.5. The Labute approximate surface area is 136 Å². The first-order valence-electron chi connectivity index (χ1n) is 6.24. The van der Waals surface area contributed by atoms with Gasteiger partial charge in [0.25, 0.3) is 0 Å². The van der Waals surface area contributed by atoms with E-state index in [1.165, 1.54) is 16.7 Å². The molecule has 0 spiro atoms. The number of methoxy groups -OCH3 is 1. The maximum atomic E-state index is 5.30. The Hall–Kier alpha value is -0.910. The molecule has 0 aliphatic heterocycles. The highest BCUT2D eigenvalue weighted by Gasteiger charge is 2.07. The molecule has 0 amide bonds. The summed E-state index contributed by atoms with van der Waals surface area (Å²) in [6, 6.07) is 6.15. The van der Waals surface area contributed by atoms with Crippen molar-refractivity contribution in [3.8, 4) is 5.75 Å². The van der Waals surface area contributed by atoms with E-state index >= 15 is 0 Å². The van der Waals surface area contributed by atoms with Crippen molar-refractivity contribution >= 4 is 31.9 Å². The van der Waals surface area contributed by atoms with Gasteiger partial charge in [0.05, 0.1) is 16.1 Å². The van der Waals surface area contributed by atoms with E-state index in [0.717, 1.165) is 27.8 Å². The normalized spacial score (nSPS) is 10.6. The lowest BCUT2D eigenvalue weighted by molar-refractivity contribution is 0.409. The van der Waals surface area contributed by atoms with Crippen molar-refractivity contribution in [1.82, 2.24) is 10.3 Å². The predicted octanol–water partition coefficient (Wildman–Crippen LogP) is 4.21. The van der Waals surface area contributed by atoms with Gasteiger partial charge in [0.15, 0.2) is 0 Å².